The van der Waals surface area contributed by atoms with E-state index in [1.165, 1.54) is 47.6 Å². The number of hydrogen-bond donors (Lipinski definition) is 1. The summed E-state index contributed by atoms with van der Waals surface area (Å²) < 4.78 is 36.5. The van der Waals surface area contributed by atoms with Crippen molar-refractivity contribution < 1.29 is 27.5 Å². The molecule has 0 spiro atoms. The first-order valence-corrected chi connectivity index (χ1v) is 9.60. The molecule has 9 heteroatoms. The molecule has 142 valence electrons. The Kier molecular flexibility index (Phi) is 6.90. The number of benzene rings is 1. The number of amides is 1. The van der Waals surface area contributed by atoms with Crippen LogP contribution in [-0.2, 0) is 29.1 Å². The Bertz CT molecular complexity index is 767. The molecule has 1 N–H and O–H groups in total. The van der Waals surface area contributed by atoms with Crippen molar-refractivity contribution in [3.05, 3.63) is 36.4 Å². The molecule has 0 unspecified atom stereocenters. The Morgan fingerprint density at radius 2 is 1.85 bits per heavy atom. The lowest BCUT2D eigenvalue weighted by molar-refractivity contribution is -0.148. The third-order valence-electron chi connectivity index (χ3n) is 3.69. The zero-order valence-electron chi connectivity index (χ0n) is 14.7. The lowest BCUT2D eigenvalue weighted by Gasteiger charge is -2.26. The Balaban J connectivity index is 2.00. The van der Waals surface area contributed by atoms with Gasteiger partial charge in [0.05, 0.1) is 18.1 Å². The highest BCUT2D eigenvalue weighted by Gasteiger charge is 2.26. The minimum atomic E-state index is -3.58. The third-order valence-corrected chi connectivity index (χ3v) is 5.61. The second kappa shape index (κ2) is 8.93. The normalized spacial score (nSPS) is 17.0. The highest BCUT2D eigenvalue weighted by molar-refractivity contribution is 7.89. The van der Waals surface area contributed by atoms with Crippen molar-refractivity contribution in [1.29, 1.82) is 0 Å². The first-order valence-electron chi connectivity index (χ1n) is 8.16. The summed E-state index contributed by atoms with van der Waals surface area (Å²) in [5.41, 5.74) is 0.407. The van der Waals surface area contributed by atoms with Gasteiger partial charge in [-0.3, -0.25) is 4.79 Å². The Hall–Kier alpha value is -2.23. The number of carbonyl (C=O) groups is 2. The molecular weight excluding hydrogens is 360 g/mol. The van der Waals surface area contributed by atoms with Crippen molar-refractivity contribution >= 4 is 27.6 Å². The molecular formula is C17H22N2O6S. The number of carbonyl (C=O) groups excluding carboxylic acids is 2. The summed E-state index contributed by atoms with van der Waals surface area (Å²) in [4.78, 5) is 23.5. The van der Waals surface area contributed by atoms with Crippen molar-refractivity contribution in [1.82, 2.24) is 4.31 Å². The van der Waals surface area contributed by atoms with E-state index in [-0.39, 0.29) is 4.90 Å². The highest BCUT2D eigenvalue weighted by atomic mass is 32.2. The van der Waals surface area contributed by atoms with E-state index < -0.39 is 28.0 Å². The van der Waals surface area contributed by atoms with Gasteiger partial charge in [-0.2, -0.15) is 4.31 Å². The number of ether oxygens (including phenoxy) is 2. The number of anilines is 1. The van der Waals surface area contributed by atoms with Gasteiger partial charge < -0.3 is 14.8 Å². The molecule has 2 rings (SSSR count). The molecule has 1 atom stereocenters. The molecule has 8 nitrogen and oxygen atoms in total. The van der Waals surface area contributed by atoms with Crippen LogP contribution in [0, 0.1) is 0 Å². The summed E-state index contributed by atoms with van der Waals surface area (Å²) in [5, 5.41) is 2.58. The van der Waals surface area contributed by atoms with Gasteiger partial charge in [0.15, 0.2) is 6.10 Å². The molecule has 0 aliphatic carbocycles. The van der Waals surface area contributed by atoms with Crippen LogP contribution in [-0.4, -0.2) is 57.0 Å². The van der Waals surface area contributed by atoms with Crippen molar-refractivity contribution in [2.24, 2.45) is 0 Å². The van der Waals surface area contributed by atoms with Crippen LogP contribution in [0.5, 0.6) is 0 Å². The molecule has 0 bridgehead atoms. The second-order valence-corrected chi connectivity index (χ2v) is 7.55. The number of rotatable bonds is 6. The van der Waals surface area contributed by atoms with Crippen molar-refractivity contribution in [3.8, 4) is 0 Å². The van der Waals surface area contributed by atoms with Crippen LogP contribution in [0.4, 0.5) is 5.69 Å². The van der Waals surface area contributed by atoms with Crippen LogP contribution < -0.4 is 5.32 Å². The first kappa shape index (κ1) is 20.1. The molecule has 26 heavy (non-hydrogen) atoms. The van der Waals surface area contributed by atoms with Crippen LogP contribution in [0.15, 0.2) is 41.3 Å². The predicted octanol–water partition coefficient (Wildman–Crippen LogP) is 1.15. The van der Waals surface area contributed by atoms with Gasteiger partial charge in [-0.05, 0) is 38.1 Å². The summed E-state index contributed by atoms with van der Waals surface area (Å²) in [6.45, 7) is 4.49. The molecule has 1 saturated heterocycles. The largest absolute Gasteiger partial charge is 0.449 e. The van der Waals surface area contributed by atoms with E-state index in [4.69, 9.17) is 9.47 Å². The average molecular weight is 382 g/mol. The topological polar surface area (TPSA) is 102 Å². The van der Waals surface area contributed by atoms with Gasteiger partial charge in [0.2, 0.25) is 10.0 Å². The number of nitrogens with zero attached hydrogens (tertiary/aromatic N) is 1. The van der Waals surface area contributed by atoms with Gasteiger partial charge >= 0.3 is 5.97 Å². The quantitative estimate of drug-likeness (QED) is 0.585. The summed E-state index contributed by atoms with van der Waals surface area (Å²) in [5.74, 6) is -1.12. The van der Waals surface area contributed by atoms with E-state index in [0.717, 1.165) is 0 Å². The first-order chi connectivity index (χ1) is 12.3. The number of esters is 1. The molecule has 1 aromatic rings. The Morgan fingerprint density at radius 1 is 1.23 bits per heavy atom. The molecule has 1 aliphatic heterocycles. The zero-order valence-corrected chi connectivity index (χ0v) is 15.5. The van der Waals surface area contributed by atoms with E-state index in [2.05, 4.69) is 5.32 Å². The van der Waals surface area contributed by atoms with Crippen molar-refractivity contribution in [2.45, 2.75) is 24.8 Å². The monoisotopic (exact) mass is 382 g/mol. The molecule has 0 aromatic heterocycles. The fraction of sp³-hybridized carbons (Fsp3) is 0.412. The third kappa shape index (κ3) is 5.13. The van der Waals surface area contributed by atoms with Gasteiger partial charge in [-0.25, -0.2) is 13.2 Å². The van der Waals surface area contributed by atoms with Gasteiger partial charge in [0.25, 0.3) is 5.91 Å². The maximum atomic E-state index is 12.5. The molecule has 1 amide bonds. The lowest BCUT2D eigenvalue weighted by atomic mass is 10.3. The van der Waals surface area contributed by atoms with Crippen LogP contribution in [0.1, 0.15) is 13.8 Å². The van der Waals surface area contributed by atoms with E-state index in [1.807, 2.05) is 0 Å². The van der Waals surface area contributed by atoms with Crippen LogP contribution in [0.2, 0.25) is 0 Å². The van der Waals surface area contributed by atoms with Gasteiger partial charge in [0.1, 0.15) is 0 Å². The fourth-order valence-corrected chi connectivity index (χ4v) is 3.70. The smallest absolute Gasteiger partial charge is 0.331 e. The van der Waals surface area contributed by atoms with E-state index >= 15 is 0 Å². The highest BCUT2D eigenvalue weighted by Crippen LogP contribution is 2.19. The number of allylic oxidation sites excluding steroid dienone is 1. The van der Waals surface area contributed by atoms with Crippen molar-refractivity contribution in [3.63, 3.8) is 0 Å². The minimum Gasteiger partial charge on any atom is -0.449 e. The zero-order chi connectivity index (χ0) is 19.2. The second-order valence-electron chi connectivity index (χ2n) is 5.61. The molecule has 0 radical (unpaired) electrons. The standard InChI is InChI=1S/C17H22N2O6S/c1-3-4-16(20)25-13(2)17(21)18-14-5-7-15(8-6-14)26(22,23)19-9-11-24-12-10-19/h3-8,13H,9-12H2,1-2H3,(H,18,21)/b4-3+/t13-/m0/s1. The summed E-state index contributed by atoms with van der Waals surface area (Å²) >= 11 is 0. The number of hydrogen-bond acceptors (Lipinski definition) is 6. The summed E-state index contributed by atoms with van der Waals surface area (Å²) in [6, 6.07) is 5.84. The van der Waals surface area contributed by atoms with Gasteiger partial charge in [0, 0.05) is 24.9 Å². The maximum absolute atomic E-state index is 12.5. The molecule has 1 heterocycles. The Morgan fingerprint density at radius 3 is 2.42 bits per heavy atom. The van der Waals surface area contributed by atoms with Crippen LogP contribution >= 0.6 is 0 Å². The average Bonchev–Trinajstić information content (AvgIpc) is 2.63. The number of nitrogens with one attached hydrogen (secondary N) is 1. The molecule has 0 saturated carbocycles. The summed E-state index contributed by atoms with van der Waals surface area (Å²) in [6.07, 6.45) is 1.76. The van der Waals surface area contributed by atoms with E-state index in [0.29, 0.717) is 32.0 Å². The van der Waals surface area contributed by atoms with Crippen LogP contribution in [0.25, 0.3) is 0 Å². The molecule has 1 aromatic carbocycles. The molecule has 1 aliphatic rings. The Labute approximate surface area is 152 Å². The SMILES string of the molecule is C/C=C/C(=O)O[C@@H](C)C(=O)Nc1ccc(S(=O)(=O)N2CCOCC2)cc1. The predicted molar refractivity (Wildman–Crippen MR) is 95.0 cm³/mol. The number of sulfonamides is 1. The minimum absolute atomic E-state index is 0.143. The van der Waals surface area contributed by atoms with Crippen LogP contribution in [0.3, 0.4) is 0 Å². The summed E-state index contributed by atoms with van der Waals surface area (Å²) in [7, 11) is -3.58. The van der Waals surface area contributed by atoms with Gasteiger partial charge in [-0.15, -0.1) is 0 Å². The van der Waals surface area contributed by atoms with E-state index in [9.17, 15) is 18.0 Å². The molecule has 1 fully saturated rings. The van der Waals surface area contributed by atoms with Crippen molar-refractivity contribution in [2.75, 3.05) is 31.6 Å². The fourth-order valence-electron chi connectivity index (χ4n) is 2.29. The van der Waals surface area contributed by atoms with E-state index in [1.54, 1.807) is 6.92 Å². The van der Waals surface area contributed by atoms with Gasteiger partial charge in [-0.1, -0.05) is 6.08 Å². The number of morpholine rings is 1. The lowest BCUT2D eigenvalue weighted by Crippen LogP contribution is -2.40. The maximum Gasteiger partial charge on any atom is 0.331 e.